The molecule has 0 aromatic rings. The number of rotatable bonds is 9. The summed E-state index contributed by atoms with van der Waals surface area (Å²) < 4.78 is 10.3. The quantitative estimate of drug-likeness (QED) is 0.522. The Kier molecular flexibility index (Phi) is 9.45. The molecule has 0 aromatic heterocycles. The van der Waals surface area contributed by atoms with Gasteiger partial charge in [0.2, 0.25) is 0 Å². The van der Waals surface area contributed by atoms with Crippen LogP contribution in [0.3, 0.4) is 0 Å². The van der Waals surface area contributed by atoms with Gasteiger partial charge < -0.3 is 14.8 Å². The Bertz CT molecular complexity index is 373. The number of alkyl carbamates (subject to hydrolysis) is 1. The van der Waals surface area contributed by atoms with Crippen molar-refractivity contribution in [1.29, 1.82) is 0 Å². The maximum absolute atomic E-state index is 12.0. The minimum absolute atomic E-state index is 0.0392. The third-order valence-electron chi connectivity index (χ3n) is 2.82. The van der Waals surface area contributed by atoms with Gasteiger partial charge in [-0.05, 0) is 33.6 Å². The molecule has 0 spiro atoms. The molecule has 0 aliphatic rings. The highest BCUT2D eigenvalue weighted by molar-refractivity contribution is 5.83. The van der Waals surface area contributed by atoms with Crippen LogP contribution in [0.25, 0.3) is 0 Å². The molecule has 0 aromatic carbocycles. The molecule has 0 saturated carbocycles. The van der Waals surface area contributed by atoms with E-state index in [1.54, 1.807) is 27.7 Å². The minimum Gasteiger partial charge on any atom is -0.464 e. The van der Waals surface area contributed by atoms with E-state index in [9.17, 15) is 14.4 Å². The maximum atomic E-state index is 12.0. The molecule has 0 bridgehead atoms. The lowest BCUT2D eigenvalue weighted by Gasteiger charge is -2.22. The number of amides is 1. The second kappa shape index (κ2) is 10.2. The van der Waals surface area contributed by atoms with E-state index in [1.165, 1.54) is 0 Å². The number of esters is 1. The van der Waals surface area contributed by atoms with Crippen molar-refractivity contribution in [1.82, 2.24) is 5.32 Å². The maximum Gasteiger partial charge on any atom is 0.408 e. The normalized spacial score (nSPS) is 12.4. The summed E-state index contributed by atoms with van der Waals surface area (Å²) in [6, 6.07) is -0.859. The molecule has 0 unspecified atom stereocenters. The summed E-state index contributed by atoms with van der Waals surface area (Å²) in [4.78, 5) is 35.2. The highest BCUT2D eigenvalue weighted by Crippen LogP contribution is 2.09. The van der Waals surface area contributed by atoms with Crippen molar-refractivity contribution < 1.29 is 23.9 Å². The number of hydrogen-bond donors (Lipinski definition) is 1. The molecule has 1 amide bonds. The average Bonchev–Trinajstić information content (AvgIpc) is 2.41. The zero-order chi connectivity index (χ0) is 17.2. The number of ether oxygens (including phenoxy) is 2. The molecule has 128 valence electrons. The van der Waals surface area contributed by atoms with Crippen LogP contribution in [0.2, 0.25) is 0 Å². The molecule has 6 heteroatoms. The van der Waals surface area contributed by atoms with Crippen LogP contribution in [0.15, 0.2) is 0 Å². The fourth-order valence-corrected chi connectivity index (χ4v) is 1.60. The first kappa shape index (κ1) is 20.4. The number of unbranched alkanes of at least 4 members (excludes halogenated alkanes) is 1. The van der Waals surface area contributed by atoms with Gasteiger partial charge in [-0.1, -0.05) is 20.3 Å². The van der Waals surface area contributed by atoms with Crippen LogP contribution in [-0.4, -0.2) is 36.1 Å². The number of nitrogens with one attached hydrogen (secondary N) is 1. The Morgan fingerprint density at radius 2 is 1.77 bits per heavy atom. The number of hydrogen-bond acceptors (Lipinski definition) is 5. The SMILES string of the molecule is CCCCOC(=O)[C@H](CCC(=O)CC)NC(=O)OC(C)(C)C. The van der Waals surface area contributed by atoms with E-state index in [0.717, 1.165) is 12.8 Å². The summed E-state index contributed by atoms with van der Waals surface area (Å²) in [6.45, 7) is 9.28. The number of ketones is 1. The van der Waals surface area contributed by atoms with Gasteiger partial charge in [0.1, 0.15) is 17.4 Å². The van der Waals surface area contributed by atoms with Crippen LogP contribution in [-0.2, 0) is 19.1 Å². The predicted molar refractivity (Wildman–Crippen MR) is 83.6 cm³/mol. The molecule has 1 N–H and O–H groups in total. The Labute approximate surface area is 132 Å². The Hall–Kier alpha value is -1.59. The first-order valence-electron chi connectivity index (χ1n) is 7.87. The molecule has 0 radical (unpaired) electrons. The largest absolute Gasteiger partial charge is 0.464 e. The van der Waals surface area contributed by atoms with Crippen molar-refractivity contribution in [2.45, 2.75) is 78.4 Å². The van der Waals surface area contributed by atoms with Gasteiger partial charge in [0, 0.05) is 12.8 Å². The number of carbonyl (C=O) groups excluding carboxylic acids is 3. The van der Waals surface area contributed by atoms with Crippen molar-refractivity contribution >= 4 is 17.8 Å². The second-order valence-electron chi connectivity index (χ2n) is 6.15. The van der Waals surface area contributed by atoms with Crippen LogP contribution in [0.4, 0.5) is 4.79 Å². The van der Waals surface area contributed by atoms with Crippen molar-refractivity contribution in [2.75, 3.05) is 6.61 Å². The summed E-state index contributed by atoms with van der Waals surface area (Å²) in [6.07, 6.45) is 1.83. The summed E-state index contributed by atoms with van der Waals surface area (Å²) in [7, 11) is 0. The van der Waals surface area contributed by atoms with Crippen molar-refractivity contribution in [3.05, 3.63) is 0 Å². The van der Waals surface area contributed by atoms with Gasteiger partial charge in [-0.2, -0.15) is 0 Å². The highest BCUT2D eigenvalue weighted by Gasteiger charge is 2.25. The van der Waals surface area contributed by atoms with E-state index in [-0.39, 0.29) is 18.6 Å². The molecular formula is C16H29NO5. The van der Waals surface area contributed by atoms with Gasteiger partial charge in [-0.25, -0.2) is 9.59 Å². The zero-order valence-corrected chi connectivity index (χ0v) is 14.4. The van der Waals surface area contributed by atoms with E-state index in [4.69, 9.17) is 9.47 Å². The van der Waals surface area contributed by atoms with Gasteiger partial charge in [0.25, 0.3) is 0 Å². The Morgan fingerprint density at radius 1 is 1.14 bits per heavy atom. The molecule has 0 rings (SSSR count). The Morgan fingerprint density at radius 3 is 2.27 bits per heavy atom. The minimum atomic E-state index is -0.859. The lowest BCUT2D eigenvalue weighted by molar-refractivity contribution is -0.146. The molecule has 0 heterocycles. The summed E-state index contributed by atoms with van der Waals surface area (Å²) in [5, 5.41) is 2.49. The molecule has 0 aliphatic heterocycles. The molecule has 1 atom stereocenters. The van der Waals surface area contributed by atoms with Gasteiger partial charge >= 0.3 is 12.1 Å². The van der Waals surface area contributed by atoms with Crippen molar-refractivity contribution in [2.24, 2.45) is 0 Å². The molecular weight excluding hydrogens is 286 g/mol. The fourth-order valence-electron chi connectivity index (χ4n) is 1.60. The number of carbonyl (C=O) groups is 3. The second-order valence-corrected chi connectivity index (χ2v) is 6.15. The van der Waals surface area contributed by atoms with E-state index in [0.29, 0.717) is 13.0 Å². The standard InChI is InChI=1S/C16H29NO5/c1-6-8-11-21-14(19)13(10-9-12(18)7-2)17-15(20)22-16(3,4)5/h13H,6-11H2,1-5H3,(H,17,20)/t13-/m0/s1. The van der Waals surface area contributed by atoms with Gasteiger partial charge in [-0.3, -0.25) is 4.79 Å². The van der Waals surface area contributed by atoms with E-state index >= 15 is 0 Å². The van der Waals surface area contributed by atoms with Gasteiger partial charge in [0.05, 0.1) is 6.61 Å². The van der Waals surface area contributed by atoms with Crippen LogP contribution in [0.1, 0.15) is 66.7 Å². The van der Waals surface area contributed by atoms with E-state index < -0.39 is 23.7 Å². The zero-order valence-electron chi connectivity index (χ0n) is 14.4. The van der Waals surface area contributed by atoms with E-state index in [1.807, 2.05) is 6.92 Å². The first-order valence-corrected chi connectivity index (χ1v) is 7.87. The molecule has 0 saturated heterocycles. The van der Waals surface area contributed by atoms with Crippen LogP contribution in [0.5, 0.6) is 0 Å². The molecule has 0 aliphatic carbocycles. The number of Topliss-reactive ketones (excluding diaryl/α,β-unsaturated/α-hetero) is 1. The topological polar surface area (TPSA) is 81.7 Å². The highest BCUT2D eigenvalue weighted by atomic mass is 16.6. The predicted octanol–water partition coefficient (Wildman–Crippen LogP) is 2.98. The summed E-state index contributed by atoms with van der Waals surface area (Å²) in [5.74, 6) is -0.486. The fraction of sp³-hybridized carbons (Fsp3) is 0.812. The smallest absolute Gasteiger partial charge is 0.408 e. The van der Waals surface area contributed by atoms with E-state index in [2.05, 4.69) is 5.32 Å². The van der Waals surface area contributed by atoms with Crippen LogP contribution < -0.4 is 5.32 Å². The lowest BCUT2D eigenvalue weighted by atomic mass is 10.1. The summed E-state index contributed by atoms with van der Waals surface area (Å²) >= 11 is 0. The third kappa shape index (κ3) is 10.2. The van der Waals surface area contributed by atoms with Gasteiger partial charge in [0.15, 0.2) is 0 Å². The Balaban J connectivity index is 4.59. The van der Waals surface area contributed by atoms with Crippen LogP contribution >= 0.6 is 0 Å². The first-order chi connectivity index (χ1) is 10.2. The van der Waals surface area contributed by atoms with Gasteiger partial charge in [-0.15, -0.1) is 0 Å². The van der Waals surface area contributed by atoms with Crippen molar-refractivity contribution in [3.63, 3.8) is 0 Å². The molecule has 6 nitrogen and oxygen atoms in total. The van der Waals surface area contributed by atoms with Crippen LogP contribution in [0, 0.1) is 0 Å². The molecule has 22 heavy (non-hydrogen) atoms. The molecule has 0 fully saturated rings. The monoisotopic (exact) mass is 315 g/mol. The average molecular weight is 315 g/mol. The summed E-state index contributed by atoms with van der Waals surface area (Å²) in [5.41, 5.74) is -0.653. The third-order valence-corrected chi connectivity index (χ3v) is 2.82. The lowest BCUT2D eigenvalue weighted by Crippen LogP contribution is -2.44. The van der Waals surface area contributed by atoms with Crippen molar-refractivity contribution in [3.8, 4) is 0 Å².